The number of aliphatic hydroxyl groups is 2. The number of para-hydroxylation sites is 1. The minimum Gasteiger partial charge on any atom is -0.393 e. The van der Waals surface area contributed by atoms with Gasteiger partial charge in [0.1, 0.15) is 0 Å². The topological polar surface area (TPSA) is 89.9 Å². The van der Waals surface area contributed by atoms with Gasteiger partial charge in [0, 0.05) is 33.7 Å². The Kier molecular flexibility index (Phi) is 11.2. The summed E-state index contributed by atoms with van der Waals surface area (Å²) in [6.45, 7) is 4.61. The van der Waals surface area contributed by atoms with Crippen molar-refractivity contribution < 1.29 is 28.6 Å². The van der Waals surface area contributed by atoms with E-state index in [0.717, 1.165) is 33.7 Å². The summed E-state index contributed by atoms with van der Waals surface area (Å²) in [7, 11) is 0. The fourth-order valence-corrected chi connectivity index (χ4v) is 8.68. The molecule has 0 unspecified atom stereocenters. The molecule has 0 spiro atoms. The molecule has 6 nitrogen and oxygen atoms in total. The van der Waals surface area contributed by atoms with Crippen LogP contribution in [-0.2, 0) is 12.8 Å². The lowest BCUT2D eigenvalue weighted by Crippen LogP contribution is -2.54. The van der Waals surface area contributed by atoms with E-state index in [1.807, 2.05) is 60.0 Å². The Hall–Kier alpha value is -4.18. The maximum absolute atomic E-state index is 14.4. The number of hydrogen-bond acceptors (Lipinski definition) is 5. The molecular formula is C42H46F2N2O4S. The Morgan fingerprint density at radius 3 is 2.53 bits per heavy atom. The van der Waals surface area contributed by atoms with Crippen molar-refractivity contribution in [3.05, 3.63) is 135 Å². The van der Waals surface area contributed by atoms with Crippen LogP contribution >= 0.6 is 11.3 Å². The predicted octanol–water partition coefficient (Wildman–Crippen LogP) is 9.07. The van der Waals surface area contributed by atoms with Gasteiger partial charge in [-0.15, -0.1) is 11.3 Å². The number of aliphatic hydroxyl groups excluding tert-OH is 1. The summed E-state index contributed by atoms with van der Waals surface area (Å²) < 4.78 is 28.3. The van der Waals surface area contributed by atoms with E-state index in [1.54, 1.807) is 22.3 Å². The predicted molar refractivity (Wildman–Crippen MR) is 198 cm³/mol. The smallest absolute Gasteiger partial charge is 0.321 e. The number of halogens is 2. The van der Waals surface area contributed by atoms with Gasteiger partial charge in [-0.05, 0) is 123 Å². The van der Waals surface area contributed by atoms with Crippen molar-refractivity contribution in [3.63, 3.8) is 0 Å². The Labute approximate surface area is 302 Å². The van der Waals surface area contributed by atoms with Crippen LogP contribution in [0.1, 0.15) is 90.2 Å². The SMILES string of the molecule is CC1=CCC[C@@]2(C)[C@@H](CC[C@@]2(O)CN(CCc2cccs2)C(=O)Nc2ccccc2)c2ccc(cc2C(=O)c2ccc(F)c(F)c2)C[C@@H](O)CC1. The average Bonchev–Trinajstić information content (AvgIpc) is 3.72. The van der Waals surface area contributed by atoms with E-state index in [1.165, 1.54) is 6.07 Å². The molecule has 1 fully saturated rings. The number of nitrogens with one attached hydrogen (secondary N) is 1. The van der Waals surface area contributed by atoms with Crippen LogP contribution < -0.4 is 5.32 Å². The standard InChI is InChI=1S/C42H46F2N2O4S/c1-28-8-6-20-41(2)36(34-16-13-29(24-32(47)15-12-28)25-35(34)39(48)30-14-17-37(43)38(44)26-30)18-21-42(41,50)27-46(22-19-33-11-7-23-51-33)40(49)45-31-9-4-3-5-10-31/h3-5,7-11,13-14,16-17,23,25-26,32,36,47,50H,6,12,15,18-22,24,27H2,1-2H3,(H,45,49)/t32-,36-,41-,42+/m0/s1. The average molecular weight is 713 g/mol. The molecule has 1 saturated carbocycles. The zero-order valence-corrected chi connectivity index (χ0v) is 30.0. The lowest BCUT2D eigenvalue weighted by atomic mass is 9.64. The number of benzene rings is 3. The van der Waals surface area contributed by atoms with Crippen LogP contribution in [0.5, 0.6) is 0 Å². The Balaban J connectivity index is 1.40. The van der Waals surface area contributed by atoms with Gasteiger partial charge in [0.2, 0.25) is 0 Å². The molecule has 268 valence electrons. The summed E-state index contributed by atoms with van der Waals surface area (Å²) in [6.07, 6.45) is 5.98. The van der Waals surface area contributed by atoms with Gasteiger partial charge in [0.25, 0.3) is 0 Å². The quantitative estimate of drug-likeness (QED) is 0.126. The van der Waals surface area contributed by atoms with E-state index in [2.05, 4.69) is 25.2 Å². The van der Waals surface area contributed by atoms with Gasteiger partial charge in [-0.25, -0.2) is 13.6 Å². The second-order valence-electron chi connectivity index (χ2n) is 14.5. The monoisotopic (exact) mass is 712 g/mol. The molecule has 0 radical (unpaired) electrons. The van der Waals surface area contributed by atoms with Gasteiger partial charge >= 0.3 is 6.03 Å². The number of carbonyl (C=O) groups excluding carboxylic acids is 2. The molecule has 3 aliphatic carbocycles. The van der Waals surface area contributed by atoms with Crippen LogP contribution in [0.4, 0.5) is 19.3 Å². The number of ketones is 1. The maximum atomic E-state index is 14.4. The van der Waals surface area contributed by atoms with Gasteiger partial charge in [0.05, 0.1) is 18.2 Å². The summed E-state index contributed by atoms with van der Waals surface area (Å²) in [5.41, 5.74) is 1.59. The summed E-state index contributed by atoms with van der Waals surface area (Å²) >= 11 is 1.63. The number of thiophene rings is 1. The van der Waals surface area contributed by atoms with Gasteiger partial charge in [0.15, 0.2) is 17.4 Å². The van der Waals surface area contributed by atoms with Crippen molar-refractivity contribution in [3.8, 4) is 0 Å². The van der Waals surface area contributed by atoms with Crippen molar-refractivity contribution in [2.24, 2.45) is 5.41 Å². The van der Waals surface area contributed by atoms with Crippen LogP contribution in [0.3, 0.4) is 0 Å². The van der Waals surface area contributed by atoms with Crippen molar-refractivity contribution >= 4 is 28.8 Å². The van der Waals surface area contributed by atoms with E-state index in [-0.39, 0.29) is 24.1 Å². The third kappa shape index (κ3) is 8.16. The molecule has 0 aliphatic heterocycles. The fraction of sp³-hybridized carbons (Fsp3) is 0.381. The molecule has 51 heavy (non-hydrogen) atoms. The molecule has 3 aliphatic rings. The Morgan fingerprint density at radius 2 is 1.78 bits per heavy atom. The molecule has 3 N–H and O–H groups in total. The van der Waals surface area contributed by atoms with E-state index < -0.39 is 34.5 Å². The van der Waals surface area contributed by atoms with Crippen LogP contribution in [0.15, 0.2) is 95.9 Å². The van der Waals surface area contributed by atoms with Crippen molar-refractivity contribution in [1.82, 2.24) is 4.90 Å². The third-order valence-corrected chi connectivity index (χ3v) is 12.0. The van der Waals surface area contributed by atoms with Crippen molar-refractivity contribution in [1.29, 1.82) is 0 Å². The first-order valence-electron chi connectivity index (χ1n) is 17.8. The molecule has 4 aromatic rings. The lowest BCUT2D eigenvalue weighted by Gasteiger charge is -2.46. The lowest BCUT2D eigenvalue weighted by molar-refractivity contribution is -0.0762. The summed E-state index contributed by atoms with van der Waals surface area (Å²) in [4.78, 5) is 31.0. The highest BCUT2D eigenvalue weighted by Gasteiger charge is 2.57. The van der Waals surface area contributed by atoms with E-state index in [4.69, 9.17) is 0 Å². The Morgan fingerprint density at radius 1 is 0.980 bits per heavy atom. The zero-order chi connectivity index (χ0) is 36.2. The Bertz CT molecular complexity index is 1880. The molecule has 2 bridgehead atoms. The summed E-state index contributed by atoms with van der Waals surface area (Å²) in [5.74, 6) is -2.87. The minimum absolute atomic E-state index is 0.0276. The summed E-state index contributed by atoms with van der Waals surface area (Å²) in [6, 6.07) is 21.8. The van der Waals surface area contributed by atoms with E-state index in [9.17, 15) is 28.6 Å². The van der Waals surface area contributed by atoms with E-state index >= 15 is 0 Å². The van der Waals surface area contributed by atoms with Gasteiger partial charge in [-0.3, -0.25) is 4.79 Å². The largest absolute Gasteiger partial charge is 0.393 e. The number of anilines is 1. The highest BCUT2D eigenvalue weighted by molar-refractivity contribution is 7.09. The minimum atomic E-state index is -1.32. The molecule has 2 amide bonds. The maximum Gasteiger partial charge on any atom is 0.321 e. The van der Waals surface area contributed by atoms with Gasteiger partial charge in [-0.2, -0.15) is 0 Å². The van der Waals surface area contributed by atoms with E-state index in [0.29, 0.717) is 69.2 Å². The molecule has 7 rings (SSSR count). The number of allylic oxidation sites excluding steroid dienone is 2. The van der Waals surface area contributed by atoms with Gasteiger partial charge < -0.3 is 20.4 Å². The summed E-state index contributed by atoms with van der Waals surface area (Å²) in [5, 5.41) is 28.8. The third-order valence-electron chi connectivity index (χ3n) is 11.1. The highest BCUT2D eigenvalue weighted by atomic mass is 32.1. The number of rotatable bonds is 8. The number of amides is 2. The number of hydrogen-bond donors (Lipinski definition) is 3. The van der Waals surface area contributed by atoms with Crippen molar-refractivity contribution in [2.45, 2.75) is 82.8 Å². The van der Waals surface area contributed by atoms with Crippen LogP contribution in [0.25, 0.3) is 0 Å². The van der Waals surface area contributed by atoms with Crippen LogP contribution in [0.2, 0.25) is 0 Å². The number of carbonyl (C=O) groups is 2. The normalized spacial score (nSPS) is 23.6. The van der Waals surface area contributed by atoms with Crippen LogP contribution in [-0.4, -0.2) is 51.7 Å². The van der Waals surface area contributed by atoms with Crippen LogP contribution in [0, 0.1) is 17.0 Å². The second kappa shape index (κ2) is 15.6. The first-order chi connectivity index (χ1) is 24.5. The number of fused-ring (bicyclic) bond motifs is 8. The fourth-order valence-electron chi connectivity index (χ4n) is 7.98. The second-order valence-corrected chi connectivity index (χ2v) is 15.5. The molecule has 1 aromatic heterocycles. The first kappa shape index (κ1) is 36.6. The zero-order valence-electron chi connectivity index (χ0n) is 29.2. The molecule has 0 saturated heterocycles. The molecular weight excluding hydrogens is 667 g/mol. The first-order valence-corrected chi connectivity index (χ1v) is 18.7. The number of nitrogens with zero attached hydrogens (tertiary/aromatic N) is 1. The van der Waals surface area contributed by atoms with Gasteiger partial charge in [-0.1, -0.05) is 55.0 Å². The van der Waals surface area contributed by atoms with Crippen molar-refractivity contribution in [2.75, 3.05) is 18.4 Å². The molecule has 3 aromatic carbocycles. The molecule has 1 heterocycles. The number of urea groups is 1. The molecule has 4 atom stereocenters. The highest BCUT2D eigenvalue weighted by Crippen LogP contribution is 2.59. The molecule has 9 heteroatoms.